The van der Waals surface area contributed by atoms with Crippen LogP contribution < -0.4 is 5.32 Å². The standard InChI is InChI=1S/C10H14N2O3/c13-7-9-10(14)11-3-4-12(9)6-8-2-1-5-15-8/h1-2,5,9,13H,3-4,6-7H2,(H,11,14). The second-order valence-corrected chi connectivity index (χ2v) is 3.54. The second kappa shape index (κ2) is 4.46. The number of hydrogen-bond acceptors (Lipinski definition) is 4. The van der Waals surface area contributed by atoms with Crippen molar-refractivity contribution >= 4 is 5.91 Å². The Morgan fingerprint density at radius 2 is 2.53 bits per heavy atom. The number of furan rings is 1. The first-order chi connectivity index (χ1) is 7.31. The van der Waals surface area contributed by atoms with E-state index in [0.29, 0.717) is 13.1 Å². The Hall–Kier alpha value is -1.33. The van der Waals surface area contributed by atoms with E-state index in [9.17, 15) is 4.79 Å². The number of aliphatic hydroxyl groups is 1. The van der Waals surface area contributed by atoms with Crippen LogP contribution in [0, 0.1) is 0 Å². The summed E-state index contributed by atoms with van der Waals surface area (Å²) in [6.45, 7) is 1.76. The fraction of sp³-hybridized carbons (Fsp3) is 0.500. The summed E-state index contributed by atoms with van der Waals surface area (Å²) in [5.41, 5.74) is 0. The Kier molecular flexibility index (Phi) is 3.03. The molecule has 0 radical (unpaired) electrons. The first-order valence-electron chi connectivity index (χ1n) is 4.96. The lowest BCUT2D eigenvalue weighted by Crippen LogP contribution is -2.56. The third-order valence-electron chi connectivity index (χ3n) is 2.55. The number of rotatable bonds is 3. The number of nitrogens with zero attached hydrogens (tertiary/aromatic N) is 1. The van der Waals surface area contributed by atoms with Crippen LogP contribution in [0.25, 0.3) is 0 Å². The minimum Gasteiger partial charge on any atom is -0.468 e. The summed E-state index contributed by atoms with van der Waals surface area (Å²) in [4.78, 5) is 13.3. The van der Waals surface area contributed by atoms with Gasteiger partial charge in [0.2, 0.25) is 5.91 Å². The molecule has 0 saturated carbocycles. The van der Waals surface area contributed by atoms with Crippen molar-refractivity contribution in [1.29, 1.82) is 0 Å². The molecule has 0 bridgehead atoms. The molecule has 0 aliphatic carbocycles. The average molecular weight is 210 g/mol. The van der Waals surface area contributed by atoms with Gasteiger partial charge in [-0.15, -0.1) is 0 Å². The molecule has 1 saturated heterocycles. The van der Waals surface area contributed by atoms with Gasteiger partial charge < -0.3 is 14.8 Å². The van der Waals surface area contributed by atoms with Crippen LogP contribution in [0.3, 0.4) is 0 Å². The Morgan fingerprint density at radius 1 is 1.67 bits per heavy atom. The zero-order valence-electron chi connectivity index (χ0n) is 8.35. The maximum absolute atomic E-state index is 11.4. The summed E-state index contributed by atoms with van der Waals surface area (Å²) in [6, 6.07) is 3.22. The Balaban J connectivity index is 2.03. The number of carbonyl (C=O) groups is 1. The molecule has 1 aromatic rings. The van der Waals surface area contributed by atoms with Crippen molar-refractivity contribution in [2.45, 2.75) is 12.6 Å². The lowest BCUT2D eigenvalue weighted by Gasteiger charge is -2.33. The van der Waals surface area contributed by atoms with E-state index in [-0.39, 0.29) is 12.5 Å². The molecule has 1 aliphatic rings. The Morgan fingerprint density at radius 3 is 3.20 bits per heavy atom. The van der Waals surface area contributed by atoms with E-state index < -0.39 is 6.04 Å². The molecule has 0 spiro atoms. The molecular formula is C10H14N2O3. The van der Waals surface area contributed by atoms with Crippen molar-refractivity contribution in [3.8, 4) is 0 Å². The van der Waals surface area contributed by atoms with Gasteiger partial charge in [0, 0.05) is 13.1 Å². The molecule has 2 rings (SSSR count). The largest absolute Gasteiger partial charge is 0.468 e. The van der Waals surface area contributed by atoms with Gasteiger partial charge in [-0.1, -0.05) is 0 Å². The van der Waals surface area contributed by atoms with E-state index in [2.05, 4.69) is 5.32 Å². The predicted molar refractivity (Wildman–Crippen MR) is 53.0 cm³/mol. The highest BCUT2D eigenvalue weighted by molar-refractivity contribution is 5.82. The normalized spacial score (nSPS) is 22.7. The first-order valence-corrected chi connectivity index (χ1v) is 4.96. The molecule has 15 heavy (non-hydrogen) atoms. The van der Waals surface area contributed by atoms with Gasteiger partial charge in [-0.25, -0.2) is 0 Å². The van der Waals surface area contributed by atoms with Crippen molar-refractivity contribution in [1.82, 2.24) is 10.2 Å². The van der Waals surface area contributed by atoms with Gasteiger partial charge in [0.15, 0.2) is 0 Å². The van der Waals surface area contributed by atoms with Crippen LogP contribution in [-0.2, 0) is 11.3 Å². The highest BCUT2D eigenvalue weighted by Gasteiger charge is 2.29. The third-order valence-corrected chi connectivity index (χ3v) is 2.55. The summed E-state index contributed by atoms with van der Waals surface area (Å²) < 4.78 is 5.21. The molecule has 0 aromatic carbocycles. The molecule has 1 unspecified atom stereocenters. The molecule has 1 aliphatic heterocycles. The molecule has 1 amide bonds. The maximum Gasteiger partial charge on any atom is 0.239 e. The van der Waals surface area contributed by atoms with Crippen LogP contribution in [0.1, 0.15) is 5.76 Å². The zero-order chi connectivity index (χ0) is 10.7. The van der Waals surface area contributed by atoms with E-state index in [4.69, 9.17) is 9.52 Å². The predicted octanol–water partition coefficient (Wildman–Crippen LogP) is -0.428. The van der Waals surface area contributed by atoms with Crippen LogP contribution in [-0.4, -0.2) is 41.7 Å². The molecule has 5 nitrogen and oxygen atoms in total. The number of amides is 1. The van der Waals surface area contributed by atoms with Gasteiger partial charge in [-0.3, -0.25) is 9.69 Å². The van der Waals surface area contributed by atoms with Crippen molar-refractivity contribution in [3.63, 3.8) is 0 Å². The Bertz CT molecular complexity index is 323. The fourth-order valence-electron chi connectivity index (χ4n) is 1.75. The number of nitrogens with one attached hydrogen (secondary N) is 1. The van der Waals surface area contributed by atoms with Crippen molar-refractivity contribution in [2.75, 3.05) is 19.7 Å². The molecular weight excluding hydrogens is 196 g/mol. The summed E-state index contributed by atoms with van der Waals surface area (Å²) in [5, 5.41) is 11.8. The quantitative estimate of drug-likeness (QED) is 0.710. The highest BCUT2D eigenvalue weighted by Crippen LogP contribution is 2.10. The topological polar surface area (TPSA) is 65.7 Å². The lowest BCUT2D eigenvalue weighted by atomic mass is 10.2. The van der Waals surface area contributed by atoms with E-state index in [0.717, 1.165) is 12.3 Å². The number of aliphatic hydroxyl groups excluding tert-OH is 1. The first kappa shape index (κ1) is 10.2. The van der Waals surface area contributed by atoms with Gasteiger partial charge in [0.05, 0.1) is 19.4 Å². The summed E-state index contributed by atoms with van der Waals surface area (Å²) >= 11 is 0. The van der Waals surface area contributed by atoms with Crippen LogP contribution >= 0.6 is 0 Å². The molecule has 1 atom stereocenters. The molecule has 82 valence electrons. The van der Waals surface area contributed by atoms with E-state index in [1.54, 1.807) is 6.26 Å². The van der Waals surface area contributed by atoms with Crippen molar-refractivity contribution < 1.29 is 14.3 Å². The summed E-state index contributed by atoms with van der Waals surface area (Å²) in [6.07, 6.45) is 1.60. The monoisotopic (exact) mass is 210 g/mol. The SMILES string of the molecule is O=C1NCCN(Cc2ccco2)C1CO. The van der Waals surface area contributed by atoms with Crippen LogP contribution in [0.2, 0.25) is 0 Å². The van der Waals surface area contributed by atoms with Crippen LogP contribution in [0.5, 0.6) is 0 Å². The average Bonchev–Trinajstić information content (AvgIpc) is 2.71. The van der Waals surface area contributed by atoms with Crippen LogP contribution in [0.4, 0.5) is 0 Å². The van der Waals surface area contributed by atoms with Gasteiger partial charge in [0.1, 0.15) is 11.8 Å². The van der Waals surface area contributed by atoms with E-state index in [1.807, 2.05) is 17.0 Å². The summed E-state index contributed by atoms with van der Waals surface area (Å²) in [7, 11) is 0. The maximum atomic E-state index is 11.4. The molecule has 2 heterocycles. The molecule has 1 aromatic heterocycles. The van der Waals surface area contributed by atoms with E-state index >= 15 is 0 Å². The second-order valence-electron chi connectivity index (χ2n) is 3.54. The smallest absolute Gasteiger partial charge is 0.239 e. The van der Waals surface area contributed by atoms with Gasteiger partial charge >= 0.3 is 0 Å². The fourth-order valence-corrected chi connectivity index (χ4v) is 1.75. The van der Waals surface area contributed by atoms with Gasteiger partial charge in [0.25, 0.3) is 0 Å². The van der Waals surface area contributed by atoms with Gasteiger partial charge in [-0.05, 0) is 12.1 Å². The third kappa shape index (κ3) is 2.19. The number of hydrogen-bond donors (Lipinski definition) is 2. The number of piperazine rings is 1. The number of carbonyl (C=O) groups excluding carboxylic acids is 1. The molecule has 5 heteroatoms. The highest BCUT2D eigenvalue weighted by atomic mass is 16.3. The lowest BCUT2D eigenvalue weighted by molar-refractivity contribution is -0.131. The van der Waals surface area contributed by atoms with Gasteiger partial charge in [-0.2, -0.15) is 0 Å². The molecule has 1 fully saturated rings. The zero-order valence-corrected chi connectivity index (χ0v) is 8.35. The molecule has 2 N–H and O–H groups in total. The summed E-state index contributed by atoms with van der Waals surface area (Å²) in [5.74, 6) is 0.693. The van der Waals surface area contributed by atoms with Crippen molar-refractivity contribution in [2.24, 2.45) is 0 Å². The minimum atomic E-state index is -0.455. The van der Waals surface area contributed by atoms with E-state index in [1.165, 1.54) is 0 Å². The minimum absolute atomic E-state index is 0.115. The van der Waals surface area contributed by atoms with Crippen molar-refractivity contribution in [3.05, 3.63) is 24.2 Å². The Labute approximate surface area is 87.7 Å². The van der Waals surface area contributed by atoms with Crippen LogP contribution in [0.15, 0.2) is 22.8 Å².